The van der Waals surface area contributed by atoms with Crippen LogP contribution in [-0.4, -0.2) is 30.5 Å². The zero-order valence-electron chi connectivity index (χ0n) is 16.0. The summed E-state index contributed by atoms with van der Waals surface area (Å²) in [7, 11) is -3.38. The molecule has 4 aromatic rings. The molecule has 0 fully saturated rings. The summed E-state index contributed by atoms with van der Waals surface area (Å²) in [6.07, 6.45) is 6.08. The van der Waals surface area contributed by atoms with Crippen LogP contribution in [0.5, 0.6) is 0 Å². The molecule has 1 amide bonds. The predicted molar refractivity (Wildman–Crippen MR) is 103 cm³/mol. The molecule has 160 valence electrons. The fraction of sp³-hybridized carbons (Fsp3) is 0.111. The predicted octanol–water partition coefficient (Wildman–Crippen LogP) is 0.994. The molecule has 1 N–H and O–H groups in total. The largest absolute Gasteiger partial charge is 0.790 e. The number of aryl methyl sites for hydroxylation is 1. The summed E-state index contributed by atoms with van der Waals surface area (Å²) < 4.78 is 23.0. The number of carbonyl (C=O) groups excluding carboxylic acids is 1. The molecular formula is C18H15N6O6P-2. The van der Waals surface area contributed by atoms with Gasteiger partial charge in [0.1, 0.15) is 18.2 Å². The third-order valence-electron chi connectivity index (χ3n) is 4.08. The van der Waals surface area contributed by atoms with Crippen LogP contribution >= 0.6 is 7.82 Å². The molecule has 0 saturated heterocycles. The number of amides is 1. The number of furan rings is 1. The van der Waals surface area contributed by atoms with Crippen LogP contribution in [0.3, 0.4) is 0 Å². The summed E-state index contributed by atoms with van der Waals surface area (Å²) in [6, 6.07) is 8.43. The molecule has 4 heterocycles. The lowest BCUT2D eigenvalue weighted by Gasteiger charge is -2.28. The normalized spacial score (nSPS) is 11.6. The Morgan fingerprint density at radius 2 is 2.10 bits per heavy atom. The quantitative estimate of drug-likeness (QED) is 0.411. The van der Waals surface area contributed by atoms with Gasteiger partial charge in [0.15, 0.2) is 5.76 Å². The topological polar surface area (TPSA) is 163 Å². The van der Waals surface area contributed by atoms with E-state index >= 15 is 0 Å². The minimum absolute atomic E-state index is 0.0402. The van der Waals surface area contributed by atoms with Crippen molar-refractivity contribution >= 4 is 19.4 Å². The Hall–Kier alpha value is -3.57. The van der Waals surface area contributed by atoms with Crippen molar-refractivity contribution in [3.8, 4) is 22.7 Å². The second-order valence-electron chi connectivity index (χ2n) is 6.37. The zero-order valence-corrected chi connectivity index (χ0v) is 16.9. The van der Waals surface area contributed by atoms with Gasteiger partial charge in [-0.25, -0.2) is 4.68 Å². The molecule has 4 aromatic heterocycles. The molecule has 0 aliphatic rings. The van der Waals surface area contributed by atoms with Crippen molar-refractivity contribution in [2.24, 2.45) is 7.05 Å². The van der Waals surface area contributed by atoms with Gasteiger partial charge in [-0.2, -0.15) is 10.2 Å². The van der Waals surface area contributed by atoms with Crippen LogP contribution in [0.2, 0.25) is 0 Å². The van der Waals surface area contributed by atoms with E-state index in [4.69, 9.17) is 4.42 Å². The average molecular weight is 442 g/mol. The van der Waals surface area contributed by atoms with Crippen LogP contribution in [0.25, 0.3) is 22.7 Å². The molecule has 12 nitrogen and oxygen atoms in total. The van der Waals surface area contributed by atoms with E-state index in [9.17, 15) is 19.1 Å². The second-order valence-corrected chi connectivity index (χ2v) is 7.52. The first-order valence-corrected chi connectivity index (χ1v) is 10.3. The number of phosphoric ester groups is 1. The number of rotatable bonds is 7. The van der Waals surface area contributed by atoms with Crippen LogP contribution in [0.4, 0.5) is 5.69 Å². The minimum Gasteiger partial charge on any atom is -0.790 e. The standard InChI is InChI=1S/C18H17N6O6P/c1-23-10-14(17(22-23)13-4-2-3-7-19-13)21-18(25)16-6-5-15(30-16)12-8-20-24(9-12)11-29-31(26,27)28/h2-10H,11H2,1H3,(H,21,25)(H2,26,27,28)/p-2. The van der Waals surface area contributed by atoms with E-state index < -0.39 is 20.5 Å². The zero-order chi connectivity index (χ0) is 22.0. The average Bonchev–Trinajstić information content (AvgIpc) is 3.46. The summed E-state index contributed by atoms with van der Waals surface area (Å²) in [5, 5.41) is 11.0. The third-order valence-corrected chi connectivity index (χ3v) is 4.51. The van der Waals surface area contributed by atoms with Crippen LogP contribution in [0, 0.1) is 0 Å². The fourth-order valence-electron chi connectivity index (χ4n) is 2.76. The van der Waals surface area contributed by atoms with E-state index in [0.29, 0.717) is 28.4 Å². The highest BCUT2D eigenvalue weighted by Gasteiger charge is 2.18. The molecule has 0 atom stereocenters. The Kier molecular flexibility index (Phi) is 5.53. The van der Waals surface area contributed by atoms with E-state index in [2.05, 4.69) is 25.0 Å². The monoisotopic (exact) mass is 442 g/mol. The molecule has 0 bridgehead atoms. The van der Waals surface area contributed by atoms with Gasteiger partial charge in [0, 0.05) is 25.6 Å². The Labute approximate surface area is 175 Å². The Bertz CT molecular complexity index is 1260. The molecule has 0 radical (unpaired) electrons. The smallest absolute Gasteiger partial charge is 0.291 e. The molecule has 13 heteroatoms. The van der Waals surface area contributed by atoms with E-state index in [1.165, 1.54) is 18.5 Å². The van der Waals surface area contributed by atoms with E-state index in [0.717, 1.165) is 4.68 Å². The highest BCUT2D eigenvalue weighted by Crippen LogP contribution is 2.28. The second kappa shape index (κ2) is 8.28. The van der Waals surface area contributed by atoms with Crippen LogP contribution in [-0.2, 0) is 22.9 Å². The lowest BCUT2D eigenvalue weighted by molar-refractivity contribution is -0.344. The van der Waals surface area contributed by atoms with Gasteiger partial charge in [-0.05, 0) is 24.3 Å². The number of phosphoric acid groups is 1. The molecule has 0 unspecified atom stereocenters. The van der Waals surface area contributed by atoms with Gasteiger partial charge < -0.3 is 28.6 Å². The summed E-state index contributed by atoms with van der Waals surface area (Å²) in [4.78, 5) is 38.0. The summed E-state index contributed by atoms with van der Waals surface area (Å²) >= 11 is 0. The van der Waals surface area contributed by atoms with Crippen molar-refractivity contribution in [2.75, 3.05) is 5.32 Å². The van der Waals surface area contributed by atoms with Gasteiger partial charge in [-0.3, -0.25) is 14.5 Å². The van der Waals surface area contributed by atoms with Crippen LogP contribution in [0.1, 0.15) is 10.6 Å². The van der Waals surface area contributed by atoms with Crippen molar-refractivity contribution in [1.29, 1.82) is 0 Å². The first kappa shape index (κ1) is 20.7. The fourth-order valence-corrected chi connectivity index (χ4v) is 3.02. The maximum Gasteiger partial charge on any atom is 0.291 e. The molecule has 0 saturated carbocycles. The van der Waals surface area contributed by atoms with E-state index in [-0.39, 0.29) is 5.76 Å². The van der Waals surface area contributed by atoms with Crippen molar-refractivity contribution in [2.45, 2.75) is 6.73 Å². The Morgan fingerprint density at radius 1 is 1.26 bits per heavy atom. The minimum atomic E-state index is -5.11. The maximum absolute atomic E-state index is 12.7. The highest BCUT2D eigenvalue weighted by molar-refractivity contribution is 7.43. The number of nitrogens with one attached hydrogen (secondary N) is 1. The molecule has 0 aliphatic heterocycles. The molecule has 0 aromatic carbocycles. The van der Waals surface area contributed by atoms with Crippen LogP contribution < -0.4 is 15.1 Å². The van der Waals surface area contributed by atoms with Gasteiger partial charge in [0.05, 0.1) is 31.0 Å². The molecule has 0 aliphatic carbocycles. The first-order valence-electron chi connectivity index (χ1n) is 8.84. The molecule has 31 heavy (non-hydrogen) atoms. The Morgan fingerprint density at radius 3 is 2.84 bits per heavy atom. The van der Waals surface area contributed by atoms with Gasteiger partial charge in [0.2, 0.25) is 0 Å². The van der Waals surface area contributed by atoms with Gasteiger partial charge in [-0.15, -0.1) is 0 Å². The number of anilines is 1. The van der Waals surface area contributed by atoms with E-state index in [1.54, 1.807) is 42.3 Å². The molecule has 4 rings (SSSR count). The highest BCUT2D eigenvalue weighted by atomic mass is 31.2. The number of hydrogen-bond donors (Lipinski definition) is 1. The van der Waals surface area contributed by atoms with Gasteiger partial charge >= 0.3 is 0 Å². The van der Waals surface area contributed by atoms with Crippen molar-refractivity contribution in [1.82, 2.24) is 24.5 Å². The lowest BCUT2D eigenvalue weighted by atomic mass is 10.2. The van der Waals surface area contributed by atoms with E-state index in [1.807, 2.05) is 6.07 Å². The summed E-state index contributed by atoms with van der Waals surface area (Å²) in [5.41, 5.74) is 2.05. The van der Waals surface area contributed by atoms with Crippen molar-refractivity contribution < 1.29 is 28.1 Å². The Balaban J connectivity index is 1.49. The van der Waals surface area contributed by atoms with Crippen molar-refractivity contribution in [3.63, 3.8) is 0 Å². The van der Waals surface area contributed by atoms with Crippen LogP contribution in [0.15, 0.2) is 59.5 Å². The number of nitrogens with zero attached hydrogens (tertiary/aromatic N) is 5. The lowest BCUT2D eigenvalue weighted by Crippen LogP contribution is -2.17. The number of aromatic nitrogens is 5. The number of carbonyl (C=O) groups is 1. The molecular weight excluding hydrogens is 427 g/mol. The van der Waals surface area contributed by atoms with Gasteiger partial charge in [0.25, 0.3) is 5.91 Å². The first-order chi connectivity index (χ1) is 14.8. The molecule has 0 spiro atoms. The number of hydrogen-bond acceptors (Lipinski definition) is 9. The van der Waals surface area contributed by atoms with Gasteiger partial charge in [-0.1, -0.05) is 6.07 Å². The number of pyridine rings is 1. The SMILES string of the molecule is Cn1cc(NC(=O)c2ccc(-c3cnn(COP(=O)([O-])[O-])c3)o2)c(-c2ccccn2)n1. The maximum atomic E-state index is 12.7. The summed E-state index contributed by atoms with van der Waals surface area (Å²) in [5.74, 6) is -0.135. The van der Waals surface area contributed by atoms with Crippen molar-refractivity contribution in [3.05, 3.63) is 60.9 Å². The third kappa shape index (κ3) is 4.95. The summed E-state index contributed by atoms with van der Waals surface area (Å²) in [6.45, 7) is -0.560.